The van der Waals surface area contributed by atoms with Crippen LogP contribution in [0.5, 0.6) is 17.2 Å². The lowest BCUT2D eigenvalue weighted by Gasteiger charge is -2.23. The van der Waals surface area contributed by atoms with Gasteiger partial charge in [0.15, 0.2) is 16.6 Å². The van der Waals surface area contributed by atoms with Gasteiger partial charge in [-0.2, -0.15) is 0 Å². The summed E-state index contributed by atoms with van der Waals surface area (Å²) in [6.07, 6.45) is 7.26. The van der Waals surface area contributed by atoms with Crippen molar-refractivity contribution in [1.29, 1.82) is 0 Å². The van der Waals surface area contributed by atoms with Crippen molar-refractivity contribution in [2.24, 2.45) is 5.92 Å². The van der Waals surface area contributed by atoms with Crippen LogP contribution in [0.15, 0.2) is 29.1 Å². The van der Waals surface area contributed by atoms with Crippen molar-refractivity contribution in [3.05, 3.63) is 56.2 Å². The second-order valence-electron chi connectivity index (χ2n) is 12.0. The van der Waals surface area contributed by atoms with Gasteiger partial charge in [0.2, 0.25) is 23.0 Å². The van der Waals surface area contributed by atoms with Gasteiger partial charge in [0, 0.05) is 17.4 Å². The zero-order chi connectivity index (χ0) is 33.0. The van der Waals surface area contributed by atoms with Crippen LogP contribution < -0.4 is 35.6 Å². The lowest BCUT2D eigenvalue weighted by molar-refractivity contribution is -0.120. The van der Waals surface area contributed by atoms with Crippen molar-refractivity contribution < 1.29 is 23.8 Å². The van der Waals surface area contributed by atoms with E-state index < -0.39 is 12.1 Å². The van der Waals surface area contributed by atoms with E-state index in [0.717, 1.165) is 54.5 Å². The molecule has 246 valence electrons. The summed E-state index contributed by atoms with van der Waals surface area (Å²) in [5.41, 5.74) is 4.17. The average molecular weight is 649 g/mol. The molecule has 10 nitrogen and oxygen atoms in total. The molecule has 11 heteroatoms. The number of amides is 2. The maximum Gasteiger partial charge on any atom is 0.248 e. The summed E-state index contributed by atoms with van der Waals surface area (Å²) < 4.78 is 17.2. The van der Waals surface area contributed by atoms with Crippen LogP contribution in [-0.2, 0) is 28.9 Å². The van der Waals surface area contributed by atoms with Crippen LogP contribution in [0.3, 0.4) is 0 Å². The minimum atomic E-state index is -0.680. The first-order valence-corrected chi connectivity index (χ1v) is 16.8. The lowest BCUT2D eigenvalue weighted by atomic mass is 9.95. The molecule has 2 amide bonds. The summed E-state index contributed by atoms with van der Waals surface area (Å²) in [5, 5.41) is 9.96. The minimum absolute atomic E-state index is 0.0785. The molecule has 2 aliphatic rings. The second-order valence-corrected chi connectivity index (χ2v) is 13.1. The minimum Gasteiger partial charge on any atom is -0.493 e. The second kappa shape index (κ2) is 14.5. The van der Waals surface area contributed by atoms with Crippen LogP contribution in [-0.4, -0.2) is 44.2 Å². The number of hydrogen-bond donors (Lipinski definition) is 3. The van der Waals surface area contributed by atoms with E-state index in [2.05, 4.69) is 16.0 Å². The Hall–Kier alpha value is -4.12. The monoisotopic (exact) mass is 648 g/mol. The number of fused-ring (bicyclic) bond motifs is 4. The number of nitrogens with zero attached hydrogens (tertiary/aromatic N) is 1. The van der Waals surface area contributed by atoms with E-state index in [4.69, 9.17) is 19.2 Å². The Morgan fingerprint density at radius 2 is 1.78 bits per heavy atom. The van der Waals surface area contributed by atoms with Gasteiger partial charge in [0.1, 0.15) is 6.04 Å². The molecule has 1 heterocycles. The van der Waals surface area contributed by atoms with E-state index in [1.54, 1.807) is 44.8 Å². The van der Waals surface area contributed by atoms with E-state index in [1.165, 1.54) is 18.2 Å². The summed E-state index contributed by atoms with van der Waals surface area (Å²) in [6.45, 7) is 5.48. The Kier molecular flexibility index (Phi) is 10.5. The van der Waals surface area contributed by atoms with Gasteiger partial charge in [-0.15, -0.1) is 11.3 Å². The van der Waals surface area contributed by atoms with Crippen LogP contribution in [0.2, 0.25) is 0 Å². The number of anilines is 2. The lowest BCUT2D eigenvalue weighted by Crippen LogP contribution is -2.40. The highest BCUT2D eigenvalue weighted by Gasteiger charge is 2.31. The summed E-state index contributed by atoms with van der Waals surface area (Å²) in [5.74, 6) is 0.940. The van der Waals surface area contributed by atoms with E-state index in [1.807, 2.05) is 26.0 Å². The fraction of sp³-hybridized carbons (Fsp3) is 0.486. The molecule has 3 N–H and O–H groups in total. The van der Waals surface area contributed by atoms with Gasteiger partial charge in [0.25, 0.3) is 0 Å². The molecule has 3 aromatic rings. The zero-order valence-corrected chi connectivity index (χ0v) is 28.3. The SMILES string of the molecule is CCC(C)C(Nc1ccc2c(cc1=O)C(NC(C)=O)CCc1cc(OC)c(OC)c(OC)c1-2)C(=O)Nc1nc2c(s1)CCCCC2. The van der Waals surface area contributed by atoms with Gasteiger partial charge in [-0.3, -0.25) is 14.4 Å². The molecule has 0 radical (unpaired) electrons. The Morgan fingerprint density at radius 3 is 2.48 bits per heavy atom. The molecule has 3 atom stereocenters. The molecule has 0 saturated carbocycles. The highest BCUT2D eigenvalue weighted by atomic mass is 32.1. The zero-order valence-electron chi connectivity index (χ0n) is 27.5. The van der Waals surface area contributed by atoms with Crippen molar-refractivity contribution in [2.45, 2.75) is 84.2 Å². The maximum absolute atomic E-state index is 13.9. The van der Waals surface area contributed by atoms with E-state index in [-0.39, 0.29) is 28.8 Å². The molecule has 0 bridgehead atoms. The summed E-state index contributed by atoms with van der Waals surface area (Å²) >= 11 is 1.55. The third-order valence-electron chi connectivity index (χ3n) is 9.05. The molecule has 46 heavy (non-hydrogen) atoms. The fourth-order valence-corrected chi connectivity index (χ4v) is 7.51. The van der Waals surface area contributed by atoms with E-state index in [0.29, 0.717) is 40.8 Å². The molecular formula is C35H44N4O6S. The number of ether oxygens (including phenoxy) is 3. The van der Waals surface area contributed by atoms with Gasteiger partial charge in [-0.05, 0) is 79.3 Å². The van der Waals surface area contributed by atoms with Gasteiger partial charge in [-0.1, -0.05) is 32.8 Å². The Morgan fingerprint density at radius 1 is 1.02 bits per heavy atom. The third kappa shape index (κ3) is 6.84. The first kappa shape index (κ1) is 33.2. The molecule has 1 aromatic heterocycles. The number of rotatable bonds is 10. The predicted octanol–water partition coefficient (Wildman–Crippen LogP) is 6.05. The predicted molar refractivity (Wildman–Crippen MR) is 182 cm³/mol. The molecule has 0 fully saturated rings. The van der Waals surface area contributed by atoms with E-state index in [9.17, 15) is 14.4 Å². The topological polar surface area (TPSA) is 128 Å². The number of aromatic nitrogens is 1. The summed E-state index contributed by atoms with van der Waals surface area (Å²) in [6, 6.07) is 5.95. The van der Waals surface area contributed by atoms with Crippen LogP contribution in [0, 0.1) is 5.92 Å². The Bertz CT molecular complexity index is 1650. The van der Waals surface area contributed by atoms with Crippen molar-refractivity contribution in [3.63, 3.8) is 0 Å². The summed E-state index contributed by atoms with van der Waals surface area (Å²) in [4.78, 5) is 46.0. The molecule has 2 aliphatic carbocycles. The highest BCUT2D eigenvalue weighted by Crippen LogP contribution is 2.50. The van der Waals surface area contributed by atoms with Crippen LogP contribution in [0.4, 0.5) is 10.8 Å². The van der Waals surface area contributed by atoms with E-state index >= 15 is 0 Å². The molecule has 2 aromatic carbocycles. The molecule has 0 spiro atoms. The first-order chi connectivity index (χ1) is 22.2. The van der Waals surface area contributed by atoms with Gasteiger partial charge in [-0.25, -0.2) is 4.98 Å². The first-order valence-electron chi connectivity index (χ1n) is 16.0. The summed E-state index contributed by atoms with van der Waals surface area (Å²) in [7, 11) is 4.69. The molecule has 0 saturated heterocycles. The molecule has 3 unspecified atom stereocenters. The molecular weight excluding hydrogens is 604 g/mol. The smallest absolute Gasteiger partial charge is 0.248 e. The quantitative estimate of drug-likeness (QED) is 0.227. The largest absolute Gasteiger partial charge is 0.493 e. The van der Waals surface area contributed by atoms with Gasteiger partial charge < -0.3 is 30.2 Å². The van der Waals surface area contributed by atoms with Crippen LogP contribution in [0.1, 0.15) is 80.6 Å². The van der Waals surface area contributed by atoms with Crippen LogP contribution >= 0.6 is 11.3 Å². The normalized spacial score (nSPS) is 16.7. The van der Waals surface area contributed by atoms with Crippen molar-refractivity contribution in [1.82, 2.24) is 10.3 Å². The number of methoxy groups -OCH3 is 3. The Labute approximate surface area is 274 Å². The Balaban J connectivity index is 1.57. The fourth-order valence-electron chi connectivity index (χ4n) is 6.46. The number of thiazole rings is 1. The molecule has 0 aliphatic heterocycles. The average Bonchev–Trinajstić information content (AvgIpc) is 3.14. The van der Waals surface area contributed by atoms with Gasteiger partial charge in [0.05, 0.1) is 38.8 Å². The van der Waals surface area contributed by atoms with Crippen molar-refractivity contribution in [2.75, 3.05) is 32.0 Å². The van der Waals surface area contributed by atoms with Crippen molar-refractivity contribution in [3.8, 4) is 28.4 Å². The highest BCUT2D eigenvalue weighted by molar-refractivity contribution is 7.15. The van der Waals surface area contributed by atoms with Crippen molar-refractivity contribution >= 4 is 34.0 Å². The number of carbonyl (C=O) groups is 2. The number of aryl methyl sites for hydroxylation is 3. The van der Waals surface area contributed by atoms with Gasteiger partial charge >= 0.3 is 0 Å². The number of benzene rings is 1. The molecule has 5 rings (SSSR count). The number of nitrogens with one attached hydrogen (secondary N) is 3. The third-order valence-corrected chi connectivity index (χ3v) is 10.1. The number of hydrogen-bond acceptors (Lipinski definition) is 9. The maximum atomic E-state index is 13.9. The number of carbonyl (C=O) groups excluding carboxylic acids is 2. The van der Waals surface area contributed by atoms with Crippen LogP contribution in [0.25, 0.3) is 11.1 Å². The standard InChI is InChI=1S/C35H44N4O6S/c1-7-19(2)31(34(42)39-35-38-26-11-9-8-10-12-29(26)46-35)37-25-16-14-22-23(18-27(25)41)24(36-20(3)40)15-13-21-17-28(43-4)32(44-5)33(45-6)30(21)22/h14,16-19,24,31H,7-13,15H2,1-6H3,(H,36,40)(H,37,41)(H,38,39,42).